The largest absolute Gasteiger partial charge is 1.00 e. The van der Waals surface area contributed by atoms with Crippen molar-refractivity contribution in [2.24, 2.45) is 0 Å². The van der Waals surface area contributed by atoms with Gasteiger partial charge in [-0.15, -0.1) is 0 Å². The second-order valence-electron chi connectivity index (χ2n) is 5.38. The van der Waals surface area contributed by atoms with Crippen LogP contribution >= 0.6 is 11.6 Å². The number of aromatic carboxylic acids is 1. The number of carbonyl (C=O) groups is 2. The monoisotopic (exact) mass is 389 g/mol. The molecule has 0 aliphatic rings. The Morgan fingerprint density at radius 2 is 1.70 bits per heavy atom. The minimum Gasteiger partial charge on any atom is -0.545 e. The van der Waals surface area contributed by atoms with Gasteiger partial charge in [0.2, 0.25) is 0 Å². The van der Waals surface area contributed by atoms with Gasteiger partial charge in [-0.3, -0.25) is 4.79 Å². The summed E-state index contributed by atoms with van der Waals surface area (Å²) in [6, 6.07) is 8.13. The van der Waals surface area contributed by atoms with E-state index in [2.05, 4.69) is 5.32 Å². The van der Waals surface area contributed by atoms with Gasteiger partial charge in [0.05, 0.1) is 17.2 Å². The maximum absolute atomic E-state index is 12.5. The third-order valence-corrected chi connectivity index (χ3v) is 3.66. The van der Waals surface area contributed by atoms with Gasteiger partial charge in [-0.2, -0.15) is 13.2 Å². The number of anilines is 1. The molecular weight excluding hydrogens is 378 g/mol. The van der Waals surface area contributed by atoms with Crippen LogP contribution in [0.1, 0.15) is 28.4 Å². The van der Waals surface area contributed by atoms with Crippen LogP contribution in [-0.4, -0.2) is 11.9 Å². The number of hydrogen-bond donors (Lipinski definition) is 1. The molecule has 0 heterocycles. The van der Waals surface area contributed by atoms with E-state index >= 15 is 0 Å². The molecule has 0 saturated heterocycles. The first-order valence-corrected chi connectivity index (χ1v) is 7.63. The summed E-state index contributed by atoms with van der Waals surface area (Å²) >= 11 is 5.72. The van der Waals surface area contributed by atoms with Gasteiger partial charge in [-0.25, -0.2) is 0 Å². The van der Waals surface area contributed by atoms with E-state index in [9.17, 15) is 27.9 Å². The van der Waals surface area contributed by atoms with Crippen LogP contribution in [0, 0.1) is 0 Å². The number of carbonyl (C=O) groups excluding carboxylic acids is 2. The Bertz CT molecular complexity index is 880. The van der Waals surface area contributed by atoms with Crippen LogP contribution < -0.4 is 29.3 Å². The van der Waals surface area contributed by atoms with E-state index in [-0.39, 0.29) is 40.7 Å². The van der Waals surface area contributed by atoms with Crippen molar-refractivity contribution in [1.82, 2.24) is 0 Å². The maximum Gasteiger partial charge on any atom is 1.00 e. The van der Waals surface area contributed by atoms with E-state index in [1.54, 1.807) is 0 Å². The number of hydrogen-bond acceptors (Lipinski definition) is 3. The van der Waals surface area contributed by atoms with Crippen molar-refractivity contribution in [2.45, 2.75) is 13.1 Å². The van der Waals surface area contributed by atoms with Crippen molar-refractivity contribution in [1.29, 1.82) is 0 Å². The van der Waals surface area contributed by atoms with Crippen molar-refractivity contribution < 1.29 is 46.7 Å². The number of nitrogens with one attached hydrogen (secondary N) is 1. The van der Waals surface area contributed by atoms with Crippen molar-refractivity contribution in [3.8, 4) is 0 Å². The Morgan fingerprint density at radius 1 is 1.11 bits per heavy atom. The summed E-state index contributed by atoms with van der Waals surface area (Å²) < 4.78 is 37.6. The summed E-state index contributed by atoms with van der Waals surface area (Å²) in [6.07, 6.45) is -3.06. The van der Waals surface area contributed by atoms with Gasteiger partial charge in [-0.05, 0) is 48.9 Å². The summed E-state index contributed by atoms with van der Waals surface area (Å²) in [6.45, 7) is 1.45. The molecule has 9 heteroatoms. The predicted molar refractivity (Wildman–Crippen MR) is 89.5 cm³/mol. The molecule has 0 aliphatic heterocycles. The van der Waals surface area contributed by atoms with Crippen LogP contribution in [0.3, 0.4) is 0 Å². The summed E-state index contributed by atoms with van der Waals surface area (Å²) in [7, 11) is 0. The fraction of sp³-hybridized carbons (Fsp3) is 0.111. The first-order chi connectivity index (χ1) is 12.1. The quantitative estimate of drug-likeness (QED) is 0.620. The molecule has 0 unspecified atom stereocenters. The van der Waals surface area contributed by atoms with Crippen LogP contribution in [0.25, 0.3) is 6.08 Å². The third-order valence-electron chi connectivity index (χ3n) is 3.43. The second kappa shape index (κ2) is 9.13. The molecule has 0 bridgehead atoms. The van der Waals surface area contributed by atoms with Crippen molar-refractivity contribution in [3.05, 3.63) is 69.8 Å². The Morgan fingerprint density at radius 3 is 2.22 bits per heavy atom. The van der Waals surface area contributed by atoms with Crippen molar-refractivity contribution >= 4 is 35.2 Å². The Balaban J connectivity index is 0.00000364. The zero-order valence-electron chi connectivity index (χ0n) is 14.4. The molecule has 2 aromatic carbocycles. The number of carboxylic acids is 1. The molecule has 4 nitrogen and oxygen atoms in total. The van der Waals surface area contributed by atoms with E-state index in [0.29, 0.717) is 5.56 Å². The number of carboxylic acid groups (broad SMARTS) is 1. The molecule has 0 radical (unpaired) electrons. The van der Waals surface area contributed by atoms with E-state index in [4.69, 9.17) is 11.6 Å². The normalized spacial score (nSPS) is 11.5. The molecule has 0 aromatic heterocycles. The fourth-order valence-corrected chi connectivity index (χ4v) is 2.27. The molecule has 0 spiro atoms. The smallest absolute Gasteiger partial charge is 0.545 e. The SMILES string of the molecule is C/C(=C\c1ccc(C(F)(F)F)cc1)C(=O)Nc1ccc(Cl)cc1C(=O)[O-].[Li+]. The van der Waals surface area contributed by atoms with E-state index < -0.39 is 23.6 Å². The van der Waals surface area contributed by atoms with Crippen LogP contribution in [-0.2, 0) is 11.0 Å². The number of alkyl halides is 3. The number of rotatable bonds is 4. The Hall–Kier alpha value is -2.20. The summed E-state index contributed by atoms with van der Waals surface area (Å²) in [5.41, 5.74) is -0.518. The Labute approximate surface area is 170 Å². The number of benzene rings is 2. The minimum absolute atomic E-state index is 0. The molecule has 2 rings (SSSR count). The zero-order chi connectivity index (χ0) is 19.5. The Kier molecular flexibility index (Phi) is 7.73. The molecule has 0 saturated carbocycles. The third kappa shape index (κ3) is 6.17. The molecule has 0 atom stereocenters. The van der Waals surface area contributed by atoms with Gasteiger partial charge in [0, 0.05) is 16.2 Å². The van der Waals surface area contributed by atoms with Crippen LogP contribution in [0.15, 0.2) is 48.0 Å². The van der Waals surface area contributed by atoms with E-state index in [1.807, 2.05) is 0 Å². The average molecular weight is 390 g/mol. The maximum atomic E-state index is 12.5. The molecule has 0 fully saturated rings. The van der Waals surface area contributed by atoms with Gasteiger partial charge in [0.1, 0.15) is 0 Å². The van der Waals surface area contributed by atoms with Crippen LogP contribution in [0.4, 0.5) is 18.9 Å². The minimum atomic E-state index is -4.44. The van der Waals surface area contributed by atoms with Crippen LogP contribution in [0.5, 0.6) is 0 Å². The molecular formula is C18H12ClF3LiNO3. The molecule has 2 aromatic rings. The average Bonchev–Trinajstić information content (AvgIpc) is 2.55. The summed E-state index contributed by atoms with van der Waals surface area (Å²) in [5, 5.41) is 13.7. The number of amides is 1. The zero-order valence-corrected chi connectivity index (χ0v) is 15.1. The van der Waals surface area contributed by atoms with Crippen molar-refractivity contribution in [2.75, 3.05) is 5.32 Å². The molecule has 136 valence electrons. The molecule has 1 N–H and O–H groups in total. The van der Waals surface area contributed by atoms with E-state index in [1.165, 1.54) is 37.3 Å². The summed E-state index contributed by atoms with van der Waals surface area (Å²) in [4.78, 5) is 23.3. The van der Waals surface area contributed by atoms with Gasteiger partial charge >= 0.3 is 25.0 Å². The number of halogens is 4. The molecule has 27 heavy (non-hydrogen) atoms. The predicted octanol–water partition coefficient (Wildman–Crippen LogP) is 0.768. The fourth-order valence-electron chi connectivity index (χ4n) is 2.10. The van der Waals surface area contributed by atoms with Gasteiger partial charge < -0.3 is 15.2 Å². The van der Waals surface area contributed by atoms with Crippen LogP contribution in [0.2, 0.25) is 5.02 Å². The van der Waals surface area contributed by atoms with Gasteiger partial charge in [0.15, 0.2) is 0 Å². The van der Waals surface area contributed by atoms with Gasteiger partial charge in [0.25, 0.3) is 5.91 Å². The molecule has 1 amide bonds. The summed E-state index contributed by atoms with van der Waals surface area (Å²) in [5.74, 6) is -2.12. The second-order valence-corrected chi connectivity index (χ2v) is 5.82. The standard InChI is InChI=1S/C18H13ClF3NO3.Li/c1-10(8-11-2-4-12(5-3-11)18(20,21)22)16(24)23-15-7-6-13(19)9-14(15)17(25)26;/h2-9H,1H3,(H,23,24)(H,25,26);/q;+1/p-1/b10-8+;. The van der Waals surface area contributed by atoms with Crippen molar-refractivity contribution in [3.63, 3.8) is 0 Å². The molecule has 0 aliphatic carbocycles. The first-order valence-electron chi connectivity index (χ1n) is 7.26. The first kappa shape index (κ1) is 22.8. The van der Waals surface area contributed by atoms with E-state index in [0.717, 1.165) is 18.2 Å². The topological polar surface area (TPSA) is 69.2 Å². The van der Waals surface area contributed by atoms with Gasteiger partial charge in [-0.1, -0.05) is 23.7 Å².